The first-order chi connectivity index (χ1) is 18.3. The number of nitrogens with one attached hydrogen (secondary N) is 1. The first-order valence-corrected chi connectivity index (χ1v) is 12.2. The number of halogens is 4. The minimum absolute atomic E-state index is 0.117. The molecule has 200 valence electrons. The molecule has 1 aromatic heterocycles. The molecule has 4 aliphatic heterocycles. The van der Waals surface area contributed by atoms with Crippen LogP contribution in [0.3, 0.4) is 0 Å². The summed E-state index contributed by atoms with van der Waals surface area (Å²) in [6.45, 7) is 1.34. The van der Waals surface area contributed by atoms with E-state index in [0.29, 0.717) is 49.9 Å². The minimum Gasteiger partial charge on any atom is -0.431 e. The van der Waals surface area contributed by atoms with Gasteiger partial charge in [-0.3, -0.25) is 0 Å². The number of alkyl halides is 2. The molecule has 5 heterocycles. The Morgan fingerprint density at radius 3 is 2.63 bits per heavy atom. The molecule has 1 aromatic carbocycles. The van der Waals surface area contributed by atoms with E-state index < -0.39 is 35.8 Å². The van der Waals surface area contributed by atoms with Crippen molar-refractivity contribution >= 4 is 11.5 Å². The van der Waals surface area contributed by atoms with Gasteiger partial charge in [-0.05, 0) is 19.1 Å². The van der Waals surface area contributed by atoms with Crippen LogP contribution in [0.15, 0.2) is 60.1 Å². The summed E-state index contributed by atoms with van der Waals surface area (Å²) in [5.41, 5.74) is 1.15. The van der Waals surface area contributed by atoms with Crippen molar-refractivity contribution in [2.24, 2.45) is 0 Å². The molecule has 0 spiro atoms. The van der Waals surface area contributed by atoms with Gasteiger partial charge < -0.3 is 29.3 Å². The highest BCUT2D eigenvalue weighted by molar-refractivity contribution is 5.78. The number of hydrogen-bond donors (Lipinski definition) is 1. The Bertz CT molecular complexity index is 1330. The summed E-state index contributed by atoms with van der Waals surface area (Å²) in [4.78, 5) is 12.6. The average molecular weight is 532 g/mol. The fourth-order valence-corrected chi connectivity index (χ4v) is 5.26. The number of allylic oxidation sites excluding steroid dienone is 2. The Morgan fingerprint density at radius 1 is 1.13 bits per heavy atom. The zero-order chi connectivity index (χ0) is 26.4. The van der Waals surface area contributed by atoms with Crippen LogP contribution >= 0.6 is 0 Å². The van der Waals surface area contributed by atoms with Crippen LogP contribution in [-0.2, 0) is 9.47 Å². The number of morpholine rings is 1. The molecular formula is C26H25F4N5O3. The van der Waals surface area contributed by atoms with Crippen LogP contribution in [0.1, 0.15) is 30.6 Å². The second-order valence-electron chi connectivity index (χ2n) is 9.45. The summed E-state index contributed by atoms with van der Waals surface area (Å²) in [6.07, 6.45) is 5.74. The number of hydrogen-bond acceptors (Lipinski definition) is 8. The van der Waals surface area contributed by atoms with Gasteiger partial charge in [0.15, 0.2) is 11.6 Å². The van der Waals surface area contributed by atoms with Crippen molar-refractivity contribution in [2.75, 3.05) is 37.8 Å². The van der Waals surface area contributed by atoms with Gasteiger partial charge in [0.05, 0.1) is 25.5 Å². The number of benzene rings is 1. The SMILES string of the molecule is CC12C=C(F)C(c3cnc(N4CCOCC4)nc3)=CN1C1=C(CCOC1c1cccc(F)c1OC(F)F)N2. The molecule has 0 amide bonds. The zero-order valence-corrected chi connectivity index (χ0v) is 20.5. The van der Waals surface area contributed by atoms with Crippen LogP contribution in [0.2, 0.25) is 0 Å². The van der Waals surface area contributed by atoms with Crippen LogP contribution < -0.4 is 15.0 Å². The lowest BCUT2D eigenvalue weighted by molar-refractivity contribution is -0.0550. The van der Waals surface area contributed by atoms with Crippen LogP contribution in [0.5, 0.6) is 5.75 Å². The third-order valence-electron chi connectivity index (χ3n) is 7.01. The summed E-state index contributed by atoms with van der Waals surface area (Å²) in [6, 6.07) is 3.95. The van der Waals surface area contributed by atoms with E-state index in [1.165, 1.54) is 18.2 Å². The maximum Gasteiger partial charge on any atom is 0.387 e. The number of anilines is 1. The largest absolute Gasteiger partial charge is 0.431 e. The minimum atomic E-state index is -3.21. The Morgan fingerprint density at radius 2 is 1.89 bits per heavy atom. The highest BCUT2D eigenvalue weighted by Gasteiger charge is 2.47. The molecule has 0 radical (unpaired) electrons. The molecule has 4 aliphatic rings. The molecular weight excluding hydrogens is 506 g/mol. The molecule has 1 saturated heterocycles. The van der Waals surface area contributed by atoms with E-state index in [-0.39, 0.29) is 17.7 Å². The number of aromatic nitrogens is 2. The predicted molar refractivity (Wildman–Crippen MR) is 129 cm³/mol. The van der Waals surface area contributed by atoms with E-state index in [0.717, 1.165) is 11.8 Å². The molecule has 38 heavy (non-hydrogen) atoms. The molecule has 0 aliphatic carbocycles. The van der Waals surface area contributed by atoms with Gasteiger partial charge in [-0.15, -0.1) is 0 Å². The topological polar surface area (TPSA) is 72.0 Å². The summed E-state index contributed by atoms with van der Waals surface area (Å²) in [5.74, 6) is -1.44. The maximum absolute atomic E-state index is 15.5. The van der Waals surface area contributed by atoms with E-state index in [4.69, 9.17) is 9.47 Å². The van der Waals surface area contributed by atoms with E-state index in [1.54, 1.807) is 30.4 Å². The van der Waals surface area contributed by atoms with E-state index in [2.05, 4.69) is 20.0 Å². The molecule has 1 N–H and O–H groups in total. The Balaban J connectivity index is 1.37. The lowest BCUT2D eigenvalue weighted by Gasteiger charge is -2.39. The molecule has 6 rings (SSSR count). The van der Waals surface area contributed by atoms with Crippen molar-refractivity contribution in [1.82, 2.24) is 20.2 Å². The molecule has 0 bridgehead atoms. The van der Waals surface area contributed by atoms with Crippen molar-refractivity contribution in [2.45, 2.75) is 31.7 Å². The van der Waals surface area contributed by atoms with Gasteiger partial charge in [-0.1, -0.05) is 12.1 Å². The van der Waals surface area contributed by atoms with Crippen LogP contribution in [0.25, 0.3) is 5.57 Å². The molecule has 2 unspecified atom stereocenters. The molecule has 1 fully saturated rings. The fraction of sp³-hybridized carbons (Fsp3) is 0.385. The monoisotopic (exact) mass is 531 g/mol. The van der Waals surface area contributed by atoms with E-state index >= 15 is 4.39 Å². The van der Waals surface area contributed by atoms with Gasteiger partial charge in [-0.25, -0.2) is 18.7 Å². The third-order valence-corrected chi connectivity index (χ3v) is 7.01. The quantitative estimate of drug-likeness (QED) is 0.575. The average Bonchev–Trinajstić information content (AvgIpc) is 3.20. The zero-order valence-electron chi connectivity index (χ0n) is 20.5. The van der Waals surface area contributed by atoms with Gasteiger partial charge in [0.1, 0.15) is 17.6 Å². The second kappa shape index (κ2) is 9.59. The van der Waals surface area contributed by atoms with Crippen LogP contribution in [0.4, 0.5) is 23.5 Å². The summed E-state index contributed by atoms with van der Waals surface area (Å²) in [5, 5.41) is 3.33. The Hall–Kier alpha value is -3.64. The van der Waals surface area contributed by atoms with Crippen LogP contribution in [-0.4, -0.2) is 60.1 Å². The smallest absolute Gasteiger partial charge is 0.387 e. The maximum atomic E-state index is 15.5. The fourth-order valence-electron chi connectivity index (χ4n) is 5.26. The van der Waals surface area contributed by atoms with E-state index in [1.807, 2.05) is 4.90 Å². The van der Waals surface area contributed by atoms with Gasteiger partial charge >= 0.3 is 6.61 Å². The van der Waals surface area contributed by atoms with Crippen molar-refractivity contribution < 1.29 is 31.8 Å². The lowest BCUT2D eigenvalue weighted by atomic mass is 9.97. The van der Waals surface area contributed by atoms with Crippen LogP contribution in [0, 0.1) is 5.82 Å². The first-order valence-electron chi connectivity index (χ1n) is 12.2. The molecule has 2 atom stereocenters. The molecule has 8 nitrogen and oxygen atoms in total. The van der Waals surface area contributed by atoms with Gasteiger partial charge in [0, 0.05) is 60.5 Å². The summed E-state index contributed by atoms with van der Waals surface area (Å²) >= 11 is 0. The lowest BCUT2D eigenvalue weighted by Crippen LogP contribution is -2.48. The summed E-state index contributed by atoms with van der Waals surface area (Å²) < 4.78 is 72.2. The van der Waals surface area contributed by atoms with Gasteiger partial charge in [0.2, 0.25) is 5.95 Å². The molecule has 2 aromatic rings. The van der Waals surface area contributed by atoms with Gasteiger partial charge in [0.25, 0.3) is 0 Å². The Kier molecular flexibility index (Phi) is 6.23. The third kappa shape index (κ3) is 4.27. The highest BCUT2D eigenvalue weighted by Crippen LogP contribution is 2.48. The predicted octanol–water partition coefficient (Wildman–Crippen LogP) is 4.26. The van der Waals surface area contributed by atoms with Crippen molar-refractivity contribution in [3.05, 3.63) is 77.0 Å². The van der Waals surface area contributed by atoms with E-state index in [9.17, 15) is 13.2 Å². The van der Waals surface area contributed by atoms with Crippen molar-refractivity contribution in [3.8, 4) is 5.75 Å². The number of rotatable bonds is 5. The number of para-hydroxylation sites is 1. The second-order valence-corrected chi connectivity index (χ2v) is 9.45. The van der Waals surface area contributed by atoms with Crippen molar-refractivity contribution in [3.63, 3.8) is 0 Å². The summed E-state index contributed by atoms with van der Waals surface area (Å²) in [7, 11) is 0. The molecule has 12 heteroatoms. The Labute approximate surface area is 216 Å². The highest BCUT2D eigenvalue weighted by atomic mass is 19.3. The number of fused-ring (bicyclic) bond motifs is 2. The standard InChI is InChI=1S/C26H25F4N5O3/c1-26-11-19(28)17(15-12-31-25(32-13-15)34-6-9-36-10-7-34)14-35(26)21-20(33-26)5-8-37-23(21)16-3-2-4-18(27)22(16)38-24(29)30/h2-4,11-14,23-24,33H,5-10H2,1H3. The van der Waals surface area contributed by atoms with Crippen molar-refractivity contribution in [1.29, 1.82) is 0 Å². The first kappa shape index (κ1) is 24.7. The number of nitrogens with zero attached hydrogens (tertiary/aromatic N) is 4. The normalized spacial score (nSPS) is 25.1. The number of ether oxygens (including phenoxy) is 3. The molecule has 0 saturated carbocycles. The van der Waals surface area contributed by atoms with Gasteiger partial charge in [-0.2, -0.15) is 8.78 Å².